The van der Waals surface area contributed by atoms with Gasteiger partial charge in [0.1, 0.15) is 24.7 Å². The van der Waals surface area contributed by atoms with Gasteiger partial charge in [0.2, 0.25) is 0 Å². The van der Waals surface area contributed by atoms with Crippen LogP contribution in [0.25, 0.3) is 11.1 Å². The third-order valence-electron chi connectivity index (χ3n) is 6.07. The molecular weight excluding hydrogens is 862 g/mol. The fourth-order valence-corrected chi connectivity index (χ4v) is 4.71. The van der Waals surface area contributed by atoms with Crippen molar-refractivity contribution in [3.8, 4) is 22.6 Å². The molecule has 46 heavy (non-hydrogen) atoms. The van der Waals surface area contributed by atoms with Crippen molar-refractivity contribution in [3.05, 3.63) is 113 Å². The lowest BCUT2D eigenvalue weighted by Gasteiger charge is -2.12. The number of esters is 2. The summed E-state index contributed by atoms with van der Waals surface area (Å²) in [5.41, 5.74) is -1.11. The Morgan fingerprint density at radius 1 is 0.522 bits per heavy atom. The SMILES string of the molecule is O=C(COc1cccc(-c2cccc(OCC(=O)OCc3c(F)c(F)c(I)c(F)c3F)c2)c1)OCc1c(F)c(F)c(I)c(F)c1F. The number of rotatable bonds is 11. The summed E-state index contributed by atoms with van der Waals surface area (Å²) in [4.78, 5) is 24.1. The molecule has 0 radical (unpaired) electrons. The molecule has 4 aromatic rings. The topological polar surface area (TPSA) is 71.1 Å². The van der Waals surface area contributed by atoms with Gasteiger partial charge in [-0.05, 0) is 80.6 Å². The van der Waals surface area contributed by atoms with Crippen molar-refractivity contribution in [2.45, 2.75) is 13.2 Å². The Morgan fingerprint density at radius 2 is 0.848 bits per heavy atom. The molecule has 4 aromatic carbocycles. The van der Waals surface area contributed by atoms with Gasteiger partial charge in [-0.15, -0.1) is 0 Å². The van der Waals surface area contributed by atoms with Gasteiger partial charge >= 0.3 is 11.9 Å². The second kappa shape index (κ2) is 15.3. The molecule has 16 heteroatoms. The lowest BCUT2D eigenvalue weighted by atomic mass is 10.1. The minimum absolute atomic E-state index is 0.163. The van der Waals surface area contributed by atoms with Gasteiger partial charge in [0.15, 0.2) is 59.8 Å². The van der Waals surface area contributed by atoms with Crippen molar-refractivity contribution in [1.82, 2.24) is 0 Å². The highest BCUT2D eigenvalue weighted by atomic mass is 127. The summed E-state index contributed by atoms with van der Waals surface area (Å²) in [7, 11) is 0. The van der Waals surface area contributed by atoms with Gasteiger partial charge in [-0.2, -0.15) is 0 Å². The van der Waals surface area contributed by atoms with Gasteiger partial charge in [0, 0.05) is 0 Å². The van der Waals surface area contributed by atoms with Crippen LogP contribution in [0.2, 0.25) is 0 Å². The molecule has 0 amide bonds. The van der Waals surface area contributed by atoms with Crippen LogP contribution in [0.15, 0.2) is 48.5 Å². The maximum Gasteiger partial charge on any atom is 0.344 e. The number of carbonyl (C=O) groups excluding carboxylic acids is 2. The van der Waals surface area contributed by atoms with Crippen LogP contribution in [0.1, 0.15) is 11.1 Å². The molecule has 0 N–H and O–H groups in total. The average molecular weight is 878 g/mol. The van der Waals surface area contributed by atoms with E-state index in [1.165, 1.54) is 24.3 Å². The summed E-state index contributed by atoms with van der Waals surface area (Å²) in [6.45, 7) is -3.60. The summed E-state index contributed by atoms with van der Waals surface area (Å²) < 4.78 is 129. The number of ether oxygens (including phenoxy) is 4. The van der Waals surface area contributed by atoms with Crippen LogP contribution in [-0.4, -0.2) is 25.2 Å². The standard InChI is InChI=1S/C30H16F8I2O6/c31-21-17(22(32)26(36)29(39)25(21)35)9-45-19(41)11-43-15-5-1-3-13(7-15)14-4-2-6-16(8-14)44-12-20(42)46-10-18-23(33)27(37)30(40)28(38)24(18)34/h1-8H,9-12H2. The van der Waals surface area contributed by atoms with E-state index in [1.807, 2.05) is 0 Å². The van der Waals surface area contributed by atoms with E-state index < -0.39 is 103 Å². The number of hydrogen-bond donors (Lipinski definition) is 0. The van der Waals surface area contributed by atoms with Crippen molar-refractivity contribution >= 4 is 57.1 Å². The van der Waals surface area contributed by atoms with E-state index in [1.54, 1.807) is 24.3 Å². The molecule has 0 atom stereocenters. The normalized spacial score (nSPS) is 10.9. The van der Waals surface area contributed by atoms with Gasteiger partial charge in [-0.25, -0.2) is 44.7 Å². The number of benzene rings is 4. The molecule has 4 rings (SSSR count). The Morgan fingerprint density at radius 3 is 1.17 bits per heavy atom. The molecule has 0 unspecified atom stereocenters. The minimum Gasteiger partial charge on any atom is -0.482 e. The predicted molar refractivity (Wildman–Crippen MR) is 160 cm³/mol. The Labute approximate surface area is 281 Å². The first-order chi connectivity index (χ1) is 21.8. The molecule has 242 valence electrons. The van der Waals surface area contributed by atoms with Gasteiger partial charge in [-0.1, -0.05) is 24.3 Å². The summed E-state index contributed by atoms with van der Waals surface area (Å²) in [5.74, 6) is -15.1. The fraction of sp³-hybridized carbons (Fsp3) is 0.133. The first-order valence-electron chi connectivity index (χ1n) is 12.6. The van der Waals surface area contributed by atoms with Crippen LogP contribution in [0.3, 0.4) is 0 Å². The van der Waals surface area contributed by atoms with Crippen molar-refractivity contribution < 1.29 is 63.7 Å². The monoisotopic (exact) mass is 878 g/mol. The molecule has 0 bridgehead atoms. The summed E-state index contributed by atoms with van der Waals surface area (Å²) in [6, 6.07) is 12.4. The largest absolute Gasteiger partial charge is 0.482 e. The quantitative estimate of drug-likeness (QED) is 0.0502. The zero-order valence-corrected chi connectivity index (χ0v) is 27.0. The molecule has 0 aliphatic carbocycles. The van der Waals surface area contributed by atoms with Crippen LogP contribution in [0, 0.1) is 53.7 Å². The van der Waals surface area contributed by atoms with E-state index in [0.29, 0.717) is 11.1 Å². The Hall–Kier alpha value is -3.68. The molecule has 0 saturated carbocycles. The first kappa shape index (κ1) is 35.2. The molecule has 0 aliphatic heterocycles. The Kier molecular flexibility index (Phi) is 11.7. The average Bonchev–Trinajstić information content (AvgIpc) is 3.06. The van der Waals surface area contributed by atoms with Crippen LogP contribution < -0.4 is 9.47 Å². The van der Waals surface area contributed by atoms with E-state index in [4.69, 9.17) is 18.9 Å². The number of halogens is 10. The van der Waals surface area contributed by atoms with Crippen LogP contribution >= 0.6 is 45.2 Å². The zero-order valence-electron chi connectivity index (χ0n) is 22.7. The molecule has 0 aromatic heterocycles. The van der Waals surface area contributed by atoms with Crippen molar-refractivity contribution in [2.75, 3.05) is 13.2 Å². The lowest BCUT2D eigenvalue weighted by Crippen LogP contribution is -2.17. The van der Waals surface area contributed by atoms with Gasteiger partial charge in [0.05, 0.1) is 18.3 Å². The Balaban J connectivity index is 1.32. The van der Waals surface area contributed by atoms with Gasteiger partial charge in [-0.3, -0.25) is 0 Å². The number of hydrogen-bond acceptors (Lipinski definition) is 6. The van der Waals surface area contributed by atoms with Gasteiger partial charge in [0.25, 0.3) is 0 Å². The van der Waals surface area contributed by atoms with E-state index in [9.17, 15) is 44.7 Å². The van der Waals surface area contributed by atoms with Gasteiger partial charge < -0.3 is 18.9 Å². The summed E-state index contributed by atoms with van der Waals surface area (Å²) in [6.07, 6.45) is 0. The highest BCUT2D eigenvalue weighted by Crippen LogP contribution is 2.29. The van der Waals surface area contributed by atoms with Crippen molar-refractivity contribution in [3.63, 3.8) is 0 Å². The molecule has 0 heterocycles. The number of carbonyl (C=O) groups is 2. The van der Waals surface area contributed by atoms with Crippen LogP contribution in [0.5, 0.6) is 11.5 Å². The molecule has 0 saturated heterocycles. The second-order valence-electron chi connectivity index (χ2n) is 9.05. The van der Waals surface area contributed by atoms with E-state index >= 15 is 0 Å². The Bertz CT molecular complexity index is 1630. The molecule has 6 nitrogen and oxygen atoms in total. The lowest BCUT2D eigenvalue weighted by molar-refractivity contribution is -0.148. The fourth-order valence-electron chi connectivity index (χ4n) is 3.76. The molecular formula is C30H16F8I2O6. The van der Waals surface area contributed by atoms with E-state index in [0.717, 1.165) is 45.2 Å². The predicted octanol–water partition coefficient (Wildman–Crippen LogP) is 7.92. The van der Waals surface area contributed by atoms with Crippen molar-refractivity contribution in [2.24, 2.45) is 0 Å². The molecule has 0 fully saturated rings. The van der Waals surface area contributed by atoms with Crippen LogP contribution in [-0.2, 0) is 32.3 Å². The summed E-state index contributed by atoms with van der Waals surface area (Å²) in [5, 5.41) is 0. The first-order valence-corrected chi connectivity index (χ1v) is 14.7. The highest BCUT2D eigenvalue weighted by Gasteiger charge is 2.26. The third-order valence-corrected chi connectivity index (χ3v) is 7.97. The van der Waals surface area contributed by atoms with Crippen LogP contribution in [0.4, 0.5) is 35.1 Å². The smallest absolute Gasteiger partial charge is 0.344 e. The highest BCUT2D eigenvalue weighted by molar-refractivity contribution is 14.1. The maximum absolute atomic E-state index is 14.0. The summed E-state index contributed by atoms with van der Waals surface area (Å²) >= 11 is 2.20. The third kappa shape index (κ3) is 7.99. The molecule has 0 spiro atoms. The molecule has 0 aliphatic rings. The van der Waals surface area contributed by atoms with E-state index in [2.05, 4.69) is 0 Å². The second-order valence-corrected chi connectivity index (χ2v) is 11.2. The minimum atomic E-state index is -1.69. The maximum atomic E-state index is 14.0. The van der Waals surface area contributed by atoms with E-state index in [-0.39, 0.29) is 11.5 Å². The van der Waals surface area contributed by atoms with Crippen molar-refractivity contribution in [1.29, 1.82) is 0 Å². The zero-order chi connectivity index (χ0) is 33.7.